The Morgan fingerprint density at radius 2 is 2.00 bits per heavy atom. The summed E-state index contributed by atoms with van der Waals surface area (Å²) in [5, 5.41) is 22.2. The summed E-state index contributed by atoms with van der Waals surface area (Å²) in [6.07, 6.45) is 0. The monoisotopic (exact) mass is 282 g/mol. The first-order valence-corrected chi connectivity index (χ1v) is 6.35. The Morgan fingerprint density at radius 3 is 2.86 bits per heavy atom. The number of hydrogen-bond acceptors (Lipinski definition) is 8. The van der Waals surface area contributed by atoms with Crippen LogP contribution in [0.4, 0.5) is 5.82 Å². The fourth-order valence-corrected chi connectivity index (χ4v) is 2.14. The second kappa shape index (κ2) is 4.47. The van der Waals surface area contributed by atoms with Crippen molar-refractivity contribution in [1.82, 2.24) is 35.3 Å². The zero-order valence-corrected chi connectivity index (χ0v) is 11.0. The normalized spacial score (nSPS) is 12.8. The number of aromatic nitrogens is 7. The highest BCUT2D eigenvalue weighted by Crippen LogP contribution is 2.22. The summed E-state index contributed by atoms with van der Waals surface area (Å²) < 4.78 is 6.12. The Bertz CT molecular complexity index is 899. The molecule has 4 rings (SSSR count). The first-order valence-electron chi connectivity index (χ1n) is 6.35. The van der Waals surface area contributed by atoms with Crippen molar-refractivity contribution in [2.24, 2.45) is 0 Å². The van der Waals surface area contributed by atoms with Gasteiger partial charge in [0.2, 0.25) is 16.9 Å². The molecule has 0 amide bonds. The van der Waals surface area contributed by atoms with Crippen molar-refractivity contribution in [3.05, 3.63) is 35.9 Å². The maximum atomic E-state index is 4.68. The molecule has 0 spiro atoms. The Hall–Kier alpha value is -3.10. The standard InChI is InChI=1S/C12H10N8O/c1-7(8-5-3-2-4-6-8)13-9-11-15-18-19-20(11)12-10(14-9)16-21-17-12/h2-7H,1H3,(H,13,14,16). The van der Waals surface area contributed by atoms with E-state index in [0.29, 0.717) is 22.8 Å². The molecule has 104 valence electrons. The van der Waals surface area contributed by atoms with Crippen LogP contribution in [0, 0.1) is 0 Å². The third-order valence-electron chi connectivity index (χ3n) is 3.21. The van der Waals surface area contributed by atoms with Crippen LogP contribution in [0.15, 0.2) is 35.0 Å². The van der Waals surface area contributed by atoms with Crippen LogP contribution in [-0.4, -0.2) is 35.3 Å². The van der Waals surface area contributed by atoms with Crippen LogP contribution in [0.25, 0.3) is 16.9 Å². The number of tetrazole rings is 1. The predicted molar refractivity (Wildman–Crippen MR) is 72.4 cm³/mol. The van der Waals surface area contributed by atoms with Gasteiger partial charge in [0.05, 0.1) is 6.04 Å². The summed E-state index contributed by atoms with van der Waals surface area (Å²) in [5.74, 6) is 0.527. The van der Waals surface area contributed by atoms with E-state index in [1.165, 1.54) is 4.52 Å². The summed E-state index contributed by atoms with van der Waals surface area (Å²) in [6, 6.07) is 10.1. The van der Waals surface area contributed by atoms with Crippen LogP contribution in [-0.2, 0) is 0 Å². The number of nitrogens with one attached hydrogen (secondary N) is 1. The van der Waals surface area contributed by atoms with E-state index in [4.69, 9.17) is 0 Å². The smallest absolute Gasteiger partial charge is 0.248 e. The van der Waals surface area contributed by atoms with Crippen molar-refractivity contribution in [1.29, 1.82) is 0 Å². The second-order valence-electron chi connectivity index (χ2n) is 4.56. The number of rotatable bonds is 3. The predicted octanol–water partition coefficient (Wildman–Crippen LogP) is 1.23. The molecular weight excluding hydrogens is 272 g/mol. The maximum absolute atomic E-state index is 4.68. The van der Waals surface area contributed by atoms with Gasteiger partial charge in [-0.15, -0.1) is 5.10 Å². The lowest BCUT2D eigenvalue weighted by atomic mass is 10.1. The number of anilines is 1. The van der Waals surface area contributed by atoms with E-state index in [0.717, 1.165) is 5.56 Å². The van der Waals surface area contributed by atoms with E-state index in [1.54, 1.807) is 0 Å². The highest BCUT2D eigenvalue weighted by atomic mass is 16.6. The second-order valence-corrected chi connectivity index (χ2v) is 4.56. The van der Waals surface area contributed by atoms with Gasteiger partial charge in [0.1, 0.15) is 0 Å². The molecular formula is C12H10N8O. The minimum atomic E-state index is 0.0384. The average Bonchev–Trinajstić information content (AvgIpc) is 3.16. The zero-order chi connectivity index (χ0) is 14.2. The summed E-state index contributed by atoms with van der Waals surface area (Å²) in [7, 11) is 0. The van der Waals surface area contributed by atoms with Gasteiger partial charge in [0.15, 0.2) is 5.82 Å². The van der Waals surface area contributed by atoms with Gasteiger partial charge in [0, 0.05) is 0 Å². The van der Waals surface area contributed by atoms with Crippen molar-refractivity contribution in [2.45, 2.75) is 13.0 Å². The number of nitrogens with zero attached hydrogens (tertiary/aromatic N) is 7. The van der Waals surface area contributed by atoms with Gasteiger partial charge < -0.3 is 5.32 Å². The van der Waals surface area contributed by atoms with E-state index in [1.807, 2.05) is 37.3 Å². The number of benzene rings is 1. The Morgan fingerprint density at radius 1 is 1.14 bits per heavy atom. The molecule has 0 aliphatic heterocycles. The summed E-state index contributed by atoms with van der Waals surface area (Å²) in [5.41, 5.74) is 2.33. The lowest BCUT2D eigenvalue weighted by Crippen LogP contribution is -2.10. The summed E-state index contributed by atoms with van der Waals surface area (Å²) >= 11 is 0. The molecule has 0 fully saturated rings. The maximum Gasteiger partial charge on any atom is 0.248 e. The van der Waals surface area contributed by atoms with Crippen molar-refractivity contribution >= 4 is 22.8 Å². The summed E-state index contributed by atoms with van der Waals surface area (Å²) in [6.45, 7) is 2.03. The molecule has 1 aromatic carbocycles. The molecule has 0 saturated heterocycles. The Balaban J connectivity index is 1.80. The molecule has 3 aromatic heterocycles. The summed E-state index contributed by atoms with van der Waals surface area (Å²) in [4.78, 5) is 4.36. The molecule has 0 saturated carbocycles. The molecule has 3 heterocycles. The van der Waals surface area contributed by atoms with E-state index < -0.39 is 0 Å². The molecule has 1 atom stereocenters. The molecule has 0 bridgehead atoms. The first-order chi connectivity index (χ1) is 10.3. The van der Waals surface area contributed by atoms with Crippen LogP contribution >= 0.6 is 0 Å². The topological polar surface area (TPSA) is 107 Å². The average molecular weight is 282 g/mol. The fraction of sp³-hybridized carbons (Fsp3) is 0.167. The third-order valence-corrected chi connectivity index (χ3v) is 3.21. The molecule has 0 aliphatic rings. The van der Waals surface area contributed by atoms with Gasteiger partial charge >= 0.3 is 0 Å². The lowest BCUT2D eigenvalue weighted by molar-refractivity contribution is 0.313. The van der Waals surface area contributed by atoms with Crippen molar-refractivity contribution < 1.29 is 4.63 Å². The minimum Gasteiger partial charge on any atom is -0.360 e. The molecule has 9 heteroatoms. The third kappa shape index (κ3) is 1.86. The largest absolute Gasteiger partial charge is 0.360 e. The highest BCUT2D eigenvalue weighted by molar-refractivity contribution is 5.75. The van der Waals surface area contributed by atoms with Crippen LogP contribution in [0.5, 0.6) is 0 Å². The zero-order valence-electron chi connectivity index (χ0n) is 11.0. The molecule has 9 nitrogen and oxygen atoms in total. The number of hydrogen-bond donors (Lipinski definition) is 1. The van der Waals surface area contributed by atoms with Gasteiger partial charge in [-0.05, 0) is 33.2 Å². The van der Waals surface area contributed by atoms with Crippen LogP contribution < -0.4 is 5.32 Å². The first kappa shape index (κ1) is 11.7. The molecule has 0 radical (unpaired) electrons. The highest BCUT2D eigenvalue weighted by Gasteiger charge is 2.17. The molecule has 4 aromatic rings. The van der Waals surface area contributed by atoms with Crippen molar-refractivity contribution in [2.75, 3.05) is 5.32 Å². The van der Waals surface area contributed by atoms with Crippen LogP contribution in [0.2, 0.25) is 0 Å². The lowest BCUT2D eigenvalue weighted by Gasteiger charge is -2.14. The SMILES string of the molecule is CC(Nc1nc2nonc2n2nnnc12)c1ccccc1. The van der Waals surface area contributed by atoms with Crippen LogP contribution in [0.1, 0.15) is 18.5 Å². The van der Waals surface area contributed by atoms with Gasteiger partial charge in [-0.2, -0.15) is 4.52 Å². The minimum absolute atomic E-state index is 0.0384. The Labute approximate surface area is 117 Å². The van der Waals surface area contributed by atoms with E-state index in [9.17, 15) is 0 Å². The van der Waals surface area contributed by atoms with Gasteiger partial charge in [-0.1, -0.05) is 30.3 Å². The van der Waals surface area contributed by atoms with Crippen molar-refractivity contribution in [3.63, 3.8) is 0 Å². The van der Waals surface area contributed by atoms with Gasteiger partial charge in [-0.3, -0.25) is 0 Å². The fourth-order valence-electron chi connectivity index (χ4n) is 2.14. The van der Waals surface area contributed by atoms with Crippen molar-refractivity contribution in [3.8, 4) is 0 Å². The van der Waals surface area contributed by atoms with E-state index in [-0.39, 0.29) is 6.04 Å². The number of fused-ring (bicyclic) bond motifs is 3. The van der Waals surface area contributed by atoms with Gasteiger partial charge in [0.25, 0.3) is 0 Å². The van der Waals surface area contributed by atoms with E-state index in [2.05, 4.69) is 40.8 Å². The molecule has 21 heavy (non-hydrogen) atoms. The van der Waals surface area contributed by atoms with E-state index >= 15 is 0 Å². The molecule has 0 aliphatic carbocycles. The Kier molecular flexibility index (Phi) is 2.49. The molecule has 1 N–H and O–H groups in total. The quantitative estimate of drug-likeness (QED) is 0.597. The van der Waals surface area contributed by atoms with Crippen LogP contribution in [0.3, 0.4) is 0 Å². The van der Waals surface area contributed by atoms with Gasteiger partial charge in [-0.25, -0.2) is 9.61 Å². The molecule has 1 unspecified atom stereocenters.